The van der Waals surface area contributed by atoms with E-state index in [4.69, 9.17) is 0 Å². The number of hydrogen-bond donors (Lipinski definition) is 1. The Kier molecular flexibility index (Phi) is 5.69. The Morgan fingerprint density at radius 3 is 2.62 bits per heavy atom. The smallest absolute Gasteiger partial charge is 0.226 e. The lowest BCUT2D eigenvalue weighted by Gasteiger charge is -2.04. The lowest BCUT2D eigenvalue weighted by molar-refractivity contribution is -0.116. The molecule has 3 aromatic rings. The number of aromatic nitrogens is 1. The van der Waals surface area contributed by atoms with E-state index in [1.165, 1.54) is 23.5 Å². The molecule has 0 saturated carbocycles. The first-order chi connectivity index (χ1) is 12.3. The van der Waals surface area contributed by atoms with Gasteiger partial charge in [0.25, 0.3) is 0 Å². The molecule has 0 saturated heterocycles. The number of thiazole rings is 1. The van der Waals surface area contributed by atoms with Crippen LogP contribution in [0.1, 0.15) is 12.8 Å². The molecule has 9 heteroatoms. The van der Waals surface area contributed by atoms with Crippen LogP contribution in [0.25, 0.3) is 10.2 Å². The van der Waals surface area contributed by atoms with Gasteiger partial charge in [-0.05, 0) is 58.7 Å². The van der Waals surface area contributed by atoms with E-state index in [1.54, 1.807) is 0 Å². The molecule has 0 spiro atoms. The fourth-order valence-corrected chi connectivity index (χ4v) is 5.14. The SMILES string of the molecule is O=C(CCCS(=O)(=O)c1ccc(F)cc1)Nc1nc2c(Br)cccc2s1. The Labute approximate surface area is 162 Å². The molecular formula is C17H14BrFN2O3S2. The molecule has 1 N–H and O–H groups in total. The normalized spacial score (nSPS) is 11.6. The van der Waals surface area contributed by atoms with Crippen LogP contribution in [0.5, 0.6) is 0 Å². The van der Waals surface area contributed by atoms with Gasteiger partial charge in [-0.2, -0.15) is 0 Å². The van der Waals surface area contributed by atoms with Gasteiger partial charge in [0.1, 0.15) is 5.82 Å². The lowest BCUT2D eigenvalue weighted by Crippen LogP contribution is -2.14. The third-order valence-electron chi connectivity index (χ3n) is 3.61. The van der Waals surface area contributed by atoms with Crippen molar-refractivity contribution in [3.8, 4) is 0 Å². The van der Waals surface area contributed by atoms with Crippen LogP contribution in [-0.4, -0.2) is 25.1 Å². The van der Waals surface area contributed by atoms with Crippen molar-refractivity contribution in [2.24, 2.45) is 0 Å². The number of rotatable bonds is 6. The predicted molar refractivity (Wildman–Crippen MR) is 104 cm³/mol. The number of para-hydroxylation sites is 1. The Morgan fingerprint density at radius 2 is 1.92 bits per heavy atom. The van der Waals surface area contributed by atoms with Gasteiger partial charge in [-0.15, -0.1) is 0 Å². The highest BCUT2D eigenvalue weighted by Crippen LogP contribution is 2.30. The highest BCUT2D eigenvalue weighted by Gasteiger charge is 2.16. The van der Waals surface area contributed by atoms with Crippen molar-refractivity contribution in [1.29, 1.82) is 0 Å². The molecule has 5 nitrogen and oxygen atoms in total. The second kappa shape index (κ2) is 7.81. The van der Waals surface area contributed by atoms with Crippen molar-refractivity contribution >= 4 is 58.4 Å². The molecular weight excluding hydrogens is 443 g/mol. The third kappa shape index (κ3) is 4.46. The number of benzene rings is 2. The van der Waals surface area contributed by atoms with Crippen LogP contribution in [0.3, 0.4) is 0 Å². The Hall–Kier alpha value is -1.84. The molecule has 3 rings (SSSR count). The minimum Gasteiger partial charge on any atom is -0.302 e. The molecule has 1 amide bonds. The molecule has 0 aliphatic carbocycles. The largest absolute Gasteiger partial charge is 0.302 e. The fraction of sp³-hybridized carbons (Fsp3) is 0.176. The van der Waals surface area contributed by atoms with Crippen molar-refractivity contribution in [3.63, 3.8) is 0 Å². The second-order valence-electron chi connectivity index (χ2n) is 5.53. The number of carbonyl (C=O) groups is 1. The van der Waals surface area contributed by atoms with E-state index < -0.39 is 15.7 Å². The zero-order valence-electron chi connectivity index (χ0n) is 13.4. The molecule has 0 radical (unpaired) electrons. The summed E-state index contributed by atoms with van der Waals surface area (Å²) in [6.45, 7) is 0. The molecule has 0 fully saturated rings. The zero-order chi connectivity index (χ0) is 18.7. The number of anilines is 1. The minimum absolute atomic E-state index is 0.0512. The number of halogens is 2. The summed E-state index contributed by atoms with van der Waals surface area (Å²) in [5.41, 5.74) is 0.770. The van der Waals surface area contributed by atoms with Crippen LogP contribution in [0.15, 0.2) is 51.8 Å². The van der Waals surface area contributed by atoms with Crippen LogP contribution in [-0.2, 0) is 14.6 Å². The summed E-state index contributed by atoms with van der Waals surface area (Å²) in [5.74, 6) is -0.974. The number of hydrogen-bond acceptors (Lipinski definition) is 5. The second-order valence-corrected chi connectivity index (χ2v) is 9.52. The topological polar surface area (TPSA) is 76.1 Å². The Balaban J connectivity index is 1.56. The van der Waals surface area contributed by atoms with E-state index in [1.807, 2.05) is 18.2 Å². The van der Waals surface area contributed by atoms with Gasteiger partial charge in [-0.3, -0.25) is 4.79 Å². The maximum Gasteiger partial charge on any atom is 0.226 e. The summed E-state index contributed by atoms with van der Waals surface area (Å²) in [6.07, 6.45) is 0.220. The number of nitrogens with one attached hydrogen (secondary N) is 1. The fourth-order valence-electron chi connectivity index (χ4n) is 2.33. The van der Waals surface area contributed by atoms with Crippen LogP contribution in [0, 0.1) is 5.82 Å². The van der Waals surface area contributed by atoms with Gasteiger partial charge in [-0.1, -0.05) is 17.4 Å². The average Bonchev–Trinajstić information content (AvgIpc) is 2.99. The number of carbonyl (C=O) groups excluding carboxylic acids is 1. The van der Waals surface area contributed by atoms with Gasteiger partial charge < -0.3 is 5.32 Å². The van der Waals surface area contributed by atoms with Crippen molar-refractivity contribution < 1.29 is 17.6 Å². The van der Waals surface area contributed by atoms with Gasteiger partial charge in [-0.25, -0.2) is 17.8 Å². The molecule has 1 aromatic heterocycles. The number of nitrogens with zero attached hydrogens (tertiary/aromatic N) is 1. The highest BCUT2D eigenvalue weighted by atomic mass is 79.9. The van der Waals surface area contributed by atoms with Crippen LogP contribution >= 0.6 is 27.3 Å². The molecule has 0 bridgehead atoms. The molecule has 2 aromatic carbocycles. The van der Waals surface area contributed by atoms with E-state index in [0.29, 0.717) is 5.13 Å². The van der Waals surface area contributed by atoms with Crippen LogP contribution in [0.4, 0.5) is 9.52 Å². The molecule has 136 valence electrons. The predicted octanol–water partition coefficient (Wildman–Crippen LogP) is 4.39. The van der Waals surface area contributed by atoms with Gasteiger partial charge >= 0.3 is 0 Å². The van der Waals surface area contributed by atoms with E-state index in [2.05, 4.69) is 26.2 Å². The highest BCUT2D eigenvalue weighted by molar-refractivity contribution is 9.10. The van der Waals surface area contributed by atoms with Gasteiger partial charge in [0.2, 0.25) is 5.91 Å². The minimum atomic E-state index is -3.54. The maximum absolute atomic E-state index is 12.9. The van der Waals surface area contributed by atoms with Gasteiger partial charge in [0.15, 0.2) is 15.0 Å². The zero-order valence-corrected chi connectivity index (χ0v) is 16.6. The van der Waals surface area contributed by atoms with Crippen molar-refractivity contribution in [2.75, 3.05) is 11.1 Å². The van der Waals surface area contributed by atoms with E-state index in [9.17, 15) is 17.6 Å². The summed E-state index contributed by atoms with van der Waals surface area (Å²) in [7, 11) is -3.54. The lowest BCUT2D eigenvalue weighted by atomic mass is 10.3. The first-order valence-electron chi connectivity index (χ1n) is 7.68. The maximum atomic E-state index is 12.9. The summed E-state index contributed by atoms with van der Waals surface area (Å²) in [5, 5.41) is 3.17. The molecule has 0 atom stereocenters. The Morgan fingerprint density at radius 1 is 1.19 bits per heavy atom. The van der Waals surface area contributed by atoms with Crippen LogP contribution in [0.2, 0.25) is 0 Å². The first kappa shape index (κ1) is 18.9. The van der Waals surface area contributed by atoms with Crippen molar-refractivity contribution in [2.45, 2.75) is 17.7 Å². The number of sulfone groups is 1. The van der Waals surface area contributed by atoms with E-state index >= 15 is 0 Å². The molecule has 0 aliphatic rings. The summed E-state index contributed by atoms with van der Waals surface area (Å²) in [6, 6.07) is 10.3. The van der Waals surface area contributed by atoms with Gasteiger partial charge in [0, 0.05) is 10.9 Å². The summed E-state index contributed by atoms with van der Waals surface area (Å²) >= 11 is 4.76. The van der Waals surface area contributed by atoms with Crippen molar-refractivity contribution in [3.05, 3.63) is 52.8 Å². The van der Waals surface area contributed by atoms with Crippen molar-refractivity contribution in [1.82, 2.24) is 4.98 Å². The summed E-state index contributed by atoms with van der Waals surface area (Å²) < 4.78 is 39.0. The number of fused-ring (bicyclic) bond motifs is 1. The first-order valence-corrected chi connectivity index (χ1v) is 10.9. The standard InChI is InChI=1S/C17H14BrFN2O3S2/c18-13-3-1-4-14-16(13)21-17(25-14)20-15(22)5-2-10-26(23,24)12-8-6-11(19)7-9-12/h1,3-4,6-9H,2,5,10H2,(H,20,21,22). The van der Waals surface area contributed by atoms with Crippen LogP contribution < -0.4 is 5.32 Å². The molecule has 0 unspecified atom stereocenters. The number of amides is 1. The molecule has 26 heavy (non-hydrogen) atoms. The van der Waals surface area contributed by atoms with E-state index in [0.717, 1.165) is 26.8 Å². The average molecular weight is 457 g/mol. The summed E-state index contributed by atoms with van der Waals surface area (Å²) in [4.78, 5) is 16.4. The molecule has 1 heterocycles. The quantitative estimate of drug-likeness (QED) is 0.557. The Bertz CT molecular complexity index is 1050. The third-order valence-corrected chi connectivity index (χ3v) is 7.00. The van der Waals surface area contributed by atoms with Gasteiger partial charge in [0.05, 0.1) is 20.9 Å². The van der Waals surface area contributed by atoms with E-state index in [-0.39, 0.29) is 29.4 Å². The molecule has 0 aliphatic heterocycles. The monoisotopic (exact) mass is 456 g/mol.